The molecule has 1 aliphatic heterocycles. The van der Waals surface area contributed by atoms with Crippen molar-refractivity contribution in [1.82, 2.24) is 10.2 Å². The first-order valence-corrected chi connectivity index (χ1v) is 11.7. The molecule has 7 heteroatoms. The molecule has 1 saturated heterocycles. The summed E-state index contributed by atoms with van der Waals surface area (Å²) in [6, 6.07) is 23.3. The maximum absolute atomic E-state index is 13.0. The van der Waals surface area contributed by atoms with Crippen LogP contribution < -0.4 is 10.6 Å². The first kappa shape index (κ1) is 23.5. The fraction of sp³-hybridized carbons (Fsp3) is 0.222. The van der Waals surface area contributed by atoms with Crippen LogP contribution in [0.5, 0.6) is 0 Å². The van der Waals surface area contributed by atoms with Gasteiger partial charge in [-0.25, -0.2) is 0 Å². The molecule has 4 rings (SSSR count). The molecule has 2 N–H and O–H groups in total. The number of hydrogen-bond donors (Lipinski definition) is 2. The highest BCUT2D eigenvalue weighted by molar-refractivity contribution is 6.34. The maximum Gasteiger partial charge on any atom is 0.257 e. The molecular formula is C27H26ClN3O3. The molecule has 0 spiro atoms. The van der Waals surface area contributed by atoms with Crippen LogP contribution in [0.3, 0.4) is 0 Å². The molecule has 1 atom stereocenters. The Morgan fingerprint density at radius 3 is 2.35 bits per heavy atom. The lowest BCUT2D eigenvalue weighted by atomic mass is 9.96. The zero-order valence-electron chi connectivity index (χ0n) is 18.7. The molecule has 6 nitrogen and oxygen atoms in total. The number of anilines is 1. The summed E-state index contributed by atoms with van der Waals surface area (Å²) < 4.78 is 0. The Kier molecular flexibility index (Phi) is 7.60. The van der Waals surface area contributed by atoms with Crippen LogP contribution in [-0.2, 0) is 11.3 Å². The van der Waals surface area contributed by atoms with E-state index in [0.717, 1.165) is 18.4 Å². The Hall–Kier alpha value is -3.64. The predicted molar refractivity (Wildman–Crippen MR) is 133 cm³/mol. The molecule has 1 fully saturated rings. The molecule has 1 unspecified atom stereocenters. The average Bonchev–Trinajstić information content (AvgIpc) is 2.88. The van der Waals surface area contributed by atoms with Crippen LogP contribution in [-0.4, -0.2) is 35.7 Å². The Bertz CT molecular complexity index is 1170. The Morgan fingerprint density at radius 2 is 1.62 bits per heavy atom. The molecule has 0 bridgehead atoms. The third-order valence-electron chi connectivity index (χ3n) is 5.90. The van der Waals surface area contributed by atoms with E-state index in [0.29, 0.717) is 41.5 Å². The number of nitrogens with one attached hydrogen (secondary N) is 2. The van der Waals surface area contributed by atoms with Crippen molar-refractivity contribution in [2.75, 3.05) is 18.4 Å². The van der Waals surface area contributed by atoms with Crippen molar-refractivity contribution < 1.29 is 14.4 Å². The van der Waals surface area contributed by atoms with E-state index in [1.165, 1.54) is 0 Å². The van der Waals surface area contributed by atoms with Crippen LogP contribution in [0.1, 0.15) is 39.1 Å². The highest BCUT2D eigenvalue weighted by Crippen LogP contribution is 2.21. The summed E-state index contributed by atoms with van der Waals surface area (Å²) in [7, 11) is 0. The third kappa shape index (κ3) is 5.83. The van der Waals surface area contributed by atoms with E-state index < -0.39 is 0 Å². The van der Waals surface area contributed by atoms with Crippen LogP contribution >= 0.6 is 11.6 Å². The van der Waals surface area contributed by atoms with Gasteiger partial charge in [0, 0.05) is 30.9 Å². The van der Waals surface area contributed by atoms with Crippen LogP contribution in [0.25, 0.3) is 0 Å². The number of halogens is 1. The first-order valence-electron chi connectivity index (χ1n) is 11.3. The predicted octanol–water partition coefficient (Wildman–Crippen LogP) is 4.76. The van der Waals surface area contributed by atoms with E-state index in [4.69, 9.17) is 11.6 Å². The van der Waals surface area contributed by atoms with E-state index in [1.807, 2.05) is 30.3 Å². The summed E-state index contributed by atoms with van der Waals surface area (Å²) >= 11 is 6.08. The molecule has 0 aliphatic carbocycles. The second-order valence-corrected chi connectivity index (χ2v) is 8.71. The Balaban J connectivity index is 1.33. The molecule has 3 amide bonds. The number of piperidine rings is 1. The smallest absolute Gasteiger partial charge is 0.257 e. The molecule has 3 aromatic rings. The number of hydrogen-bond acceptors (Lipinski definition) is 3. The van der Waals surface area contributed by atoms with E-state index in [9.17, 15) is 14.4 Å². The second-order valence-electron chi connectivity index (χ2n) is 8.31. The quantitative estimate of drug-likeness (QED) is 0.539. The third-order valence-corrected chi connectivity index (χ3v) is 6.23. The molecular weight excluding hydrogens is 450 g/mol. The molecule has 3 aromatic carbocycles. The van der Waals surface area contributed by atoms with Gasteiger partial charge in [-0.1, -0.05) is 54.1 Å². The number of likely N-dealkylation sites (tertiary alicyclic amines) is 1. The topological polar surface area (TPSA) is 78.5 Å². The number of rotatable bonds is 6. The Morgan fingerprint density at radius 1 is 0.912 bits per heavy atom. The van der Waals surface area contributed by atoms with Gasteiger partial charge in [0.15, 0.2) is 0 Å². The van der Waals surface area contributed by atoms with Crippen LogP contribution in [0.15, 0.2) is 78.9 Å². The first-order chi connectivity index (χ1) is 16.5. The summed E-state index contributed by atoms with van der Waals surface area (Å²) in [6.45, 7) is 1.49. The minimum Gasteiger partial charge on any atom is -0.352 e. The fourth-order valence-corrected chi connectivity index (χ4v) is 4.25. The van der Waals surface area contributed by atoms with Crippen molar-refractivity contribution in [2.24, 2.45) is 5.92 Å². The van der Waals surface area contributed by atoms with Gasteiger partial charge in [-0.2, -0.15) is 0 Å². The number of nitrogens with zero attached hydrogens (tertiary/aromatic N) is 1. The zero-order chi connectivity index (χ0) is 23.9. The number of benzene rings is 3. The molecule has 1 aliphatic rings. The molecule has 0 radical (unpaired) electrons. The van der Waals surface area contributed by atoms with Crippen molar-refractivity contribution in [3.8, 4) is 0 Å². The van der Waals surface area contributed by atoms with Crippen LogP contribution in [0.2, 0.25) is 5.02 Å². The molecule has 1 heterocycles. The lowest BCUT2D eigenvalue weighted by Crippen LogP contribution is -2.45. The van der Waals surface area contributed by atoms with Gasteiger partial charge in [0.1, 0.15) is 0 Å². The minimum atomic E-state index is -0.315. The summed E-state index contributed by atoms with van der Waals surface area (Å²) in [4.78, 5) is 39.9. The van der Waals surface area contributed by atoms with E-state index >= 15 is 0 Å². The summed E-state index contributed by atoms with van der Waals surface area (Å²) in [5, 5.41) is 6.15. The maximum atomic E-state index is 13.0. The lowest BCUT2D eigenvalue weighted by molar-refractivity contribution is -0.126. The molecule has 0 saturated carbocycles. The summed E-state index contributed by atoms with van der Waals surface area (Å²) in [6.07, 6.45) is 1.54. The van der Waals surface area contributed by atoms with E-state index in [-0.39, 0.29) is 23.6 Å². The highest BCUT2D eigenvalue weighted by Gasteiger charge is 2.28. The fourth-order valence-electron chi connectivity index (χ4n) is 4.03. The number of amides is 3. The van der Waals surface area contributed by atoms with Gasteiger partial charge >= 0.3 is 0 Å². The minimum absolute atomic E-state index is 0.0287. The van der Waals surface area contributed by atoms with Crippen LogP contribution in [0.4, 0.5) is 5.69 Å². The van der Waals surface area contributed by atoms with Gasteiger partial charge in [0.2, 0.25) is 5.91 Å². The highest BCUT2D eigenvalue weighted by atomic mass is 35.5. The largest absolute Gasteiger partial charge is 0.352 e. The lowest BCUT2D eigenvalue weighted by Gasteiger charge is -2.32. The number of carbonyl (C=O) groups excluding carboxylic acids is 3. The normalized spacial score (nSPS) is 15.4. The molecule has 34 heavy (non-hydrogen) atoms. The van der Waals surface area contributed by atoms with Crippen LogP contribution in [0, 0.1) is 5.92 Å². The summed E-state index contributed by atoms with van der Waals surface area (Å²) in [5.74, 6) is -0.691. The van der Waals surface area contributed by atoms with Gasteiger partial charge in [-0.3, -0.25) is 14.4 Å². The van der Waals surface area contributed by atoms with Crippen molar-refractivity contribution in [2.45, 2.75) is 19.4 Å². The van der Waals surface area contributed by atoms with Crippen molar-refractivity contribution in [3.05, 3.63) is 101 Å². The standard InChI is InChI=1S/C27H26ClN3O3/c28-24-11-5-4-10-23(24)26(33)30-22-14-12-20(13-15-22)27(34)31-16-6-9-21(18-31)25(32)29-17-19-7-2-1-3-8-19/h1-5,7-8,10-15,21H,6,9,16-18H2,(H,29,32)(H,30,33). The van der Waals surface area contributed by atoms with Gasteiger partial charge < -0.3 is 15.5 Å². The molecule has 174 valence electrons. The monoisotopic (exact) mass is 475 g/mol. The average molecular weight is 476 g/mol. The van der Waals surface area contributed by atoms with Gasteiger partial charge in [0.05, 0.1) is 16.5 Å². The SMILES string of the molecule is O=C(Nc1ccc(C(=O)N2CCCC(C(=O)NCc3ccccc3)C2)cc1)c1ccccc1Cl. The van der Waals surface area contributed by atoms with E-state index in [2.05, 4.69) is 10.6 Å². The second kappa shape index (κ2) is 11.0. The van der Waals surface area contributed by atoms with Crippen molar-refractivity contribution >= 4 is 35.0 Å². The van der Waals surface area contributed by atoms with Gasteiger partial charge in [-0.15, -0.1) is 0 Å². The van der Waals surface area contributed by atoms with Crippen molar-refractivity contribution in [1.29, 1.82) is 0 Å². The summed E-state index contributed by atoms with van der Waals surface area (Å²) in [5.41, 5.74) is 2.51. The Labute approximate surface area is 203 Å². The van der Waals surface area contributed by atoms with E-state index in [1.54, 1.807) is 53.4 Å². The number of carbonyl (C=O) groups is 3. The van der Waals surface area contributed by atoms with Crippen molar-refractivity contribution in [3.63, 3.8) is 0 Å². The zero-order valence-corrected chi connectivity index (χ0v) is 19.4. The van der Waals surface area contributed by atoms with Gasteiger partial charge in [-0.05, 0) is 54.8 Å². The van der Waals surface area contributed by atoms with Gasteiger partial charge in [0.25, 0.3) is 11.8 Å². The molecule has 0 aromatic heterocycles.